The van der Waals surface area contributed by atoms with Crippen molar-refractivity contribution in [2.24, 2.45) is 5.41 Å². The van der Waals surface area contributed by atoms with Gasteiger partial charge in [-0.1, -0.05) is 13.8 Å². The fourth-order valence-electron chi connectivity index (χ4n) is 1.47. The van der Waals surface area contributed by atoms with Gasteiger partial charge in [0.2, 0.25) is 10.0 Å². The molecule has 0 atom stereocenters. The molecule has 0 aliphatic heterocycles. The van der Waals surface area contributed by atoms with Gasteiger partial charge in [0.05, 0.1) is 5.75 Å². The average Bonchev–Trinajstić information content (AvgIpc) is 2.22. The quantitative estimate of drug-likeness (QED) is 0.662. The zero-order valence-electron chi connectivity index (χ0n) is 11.2. The standard InChI is InChI=1S/C11H21ClF3NO2S/c1-10(2,5-3-7-12)9-16-19(17,18)8-4-6-11(13,14)15/h16H,3-9H2,1-2H3. The van der Waals surface area contributed by atoms with Gasteiger partial charge in [-0.15, -0.1) is 11.6 Å². The van der Waals surface area contributed by atoms with E-state index in [0.717, 1.165) is 12.8 Å². The summed E-state index contributed by atoms with van der Waals surface area (Å²) >= 11 is 5.56. The Labute approximate surface area is 117 Å². The van der Waals surface area contributed by atoms with Crippen molar-refractivity contribution in [2.45, 2.75) is 45.7 Å². The van der Waals surface area contributed by atoms with Crippen LogP contribution >= 0.6 is 11.6 Å². The molecule has 0 aliphatic carbocycles. The van der Waals surface area contributed by atoms with E-state index >= 15 is 0 Å². The van der Waals surface area contributed by atoms with Gasteiger partial charge in [0.15, 0.2) is 0 Å². The molecule has 0 unspecified atom stereocenters. The number of rotatable bonds is 9. The van der Waals surface area contributed by atoms with Crippen LogP contribution in [-0.4, -0.2) is 32.8 Å². The molecule has 0 spiro atoms. The summed E-state index contributed by atoms with van der Waals surface area (Å²) in [5.41, 5.74) is -0.258. The van der Waals surface area contributed by atoms with E-state index in [9.17, 15) is 21.6 Å². The molecule has 0 fully saturated rings. The minimum absolute atomic E-state index is 0.207. The number of hydrogen-bond acceptors (Lipinski definition) is 2. The summed E-state index contributed by atoms with van der Waals surface area (Å²) in [7, 11) is -3.65. The molecule has 0 bridgehead atoms. The first-order chi connectivity index (χ1) is 8.47. The summed E-state index contributed by atoms with van der Waals surface area (Å²) in [6.45, 7) is 3.98. The molecule has 8 heteroatoms. The fourth-order valence-corrected chi connectivity index (χ4v) is 2.89. The van der Waals surface area contributed by atoms with E-state index < -0.39 is 34.8 Å². The molecule has 0 aromatic heterocycles. The van der Waals surface area contributed by atoms with Crippen LogP contribution in [0.1, 0.15) is 39.5 Å². The van der Waals surface area contributed by atoms with E-state index in [0.29, 0.717) is 5.88 Å². The van der Waals surface area contributed by atoms with Gasteiger partial charge in [0.1, 0.15) is 0 Å². The molecular weight excluding hydrogens is 303 g/mol. The van der Waals surface area contributed by atoms with E-state index in [1.54, 1.807) is 0 Å². The highest BCUT2D eigenvalue weighted by molar-refractivity contribution is 7.89. The second-order valence-electron chi connectivity index (χ2n) is 5.32. The van der Waals surface area contributed by atoms with Crippen LogP contribution < -0.4 is 4.72 Å². The van der Waals surface area contributed by atoms with Crippen LogP contribution in [0, 0.1) is 5.41 Å². The van der Waals surface area contributed by atoms with Gasteiger partial charge in [-0.3, -0.25) is 0 Å². The average molecular weight is 324 g/mol. The van der Waals surface area contributed by atoms with Gasteiger partial charge < -0.3 is 0 Å². The summed E-state index contributed by atoms with van der Waals surface area (Å²) in [5.74, 6) is -0.000140. The minimum atomic E-state index is -4.31. The zero-order chi connectivity index (χ0) is 15.2. The maximum absolute atomic E-state index is 11.9. The van der Waals surface area contributed by atoms with Gasteiger partial charge >= 0.3 is 6.18 Å². The Morgan fingerprint density at radius 3 is 2.16 bits per heavy atom. The molecule has 1 N–H and O–H groups in total. The van der Waals surface area contributed by atoms with Crippen molar-refractivity contribution < 1.29 is 21.6 Å². The minimum Gasteiger partial charge on any atom is -0.215 e. The van der Waals surface area contributed by atoms with E-state index in [4.69, 9.17) is 11.6 Å². The third-order valence-electron chi connectivity index (χ3n) is 2.63. The van der Waals surface area contributed by atoms with E-state index in [1.165, 1.54) is 0 Å². The second-order valence-corrected chi connectivity index (χ2v) is 7.62. The summed E-state index contributed by atoms with van der Waals surface area (Å²) in [4.78, 5) is 0. The van der Waals surface area contributed by atoms with Crippen LogP contribution in [-0.2, 0) is 10.0 Å². The molecule has 0 amide bonds. The van der Waals surface area contributed by atoms with Crippen LogP contribution in [0.2, 0.25) is 0 Å². The van der Waals surface area contributed by atoms with Crippen LogP contribution in [0.4, 0.5) is 13.2 Å². The molecule has 0 rings (SSSR count). The van der Waals surface area contributed by atoms with Crippen molar-refractivity contribution in [3.8, 4) is 0 Å². The van der Waals surface area contributed by atoms with Gasteiger partial charge in [-0.25, -0.2) is 13.1 Å². The van der Waals surface area contributed by atoms with Crippen molar-refractivity contribution in [3.05, 3.63) is 0 Å². The highest BCUT2D eigenvalue weighted by Gasteiger charge is 2.28. The molecule has 3 nitrogen and oxygen atoms in total. The number of alkyl halides is 4. The van der Waals surface area contributed by atoms with Gasteiger partial charge in [0, 0.05) is 18.8 Å². The summed E-state index contributed by atoms with van der Waals surface area (Å²) in [6.07, 6.45) is -4.29. The Hall–Kier alpha value is -0.0100. The lowest BCUT2D eigenvalue weighted by Gasteiger charge is -2.24. The number of sulfonamides is 1. The second kappa shape index (κ2) is 7.69. The Bertz CT molecular complexity index is 355. The molecule has 0 saturated heterocycles. The third kappa shape index (κ3) is 11.5. The number of hydrogen-bond donors (Lipinski definition) is 1. The Balaban J connectivity index is 4.10. The first-order valence-corrected chi connectivity index (χ1v) is 8.26. The van der Waals surface area contributed by atoms with Crippen LogP contribution in [0.25, 0.3) is 0 Å². The Kier molecular flexibility index (Phi) is 7.68. The topological polar surface area (TPSA) is 46.2 Å². The van der Waals surface area contributed by atoms with Crippen LogP contribution in [0.15, 0.2) is 0 Å². The maximum Gasteiger partial charge on any atom is 0.389 e. The van der Waals surface area contributed by atoms with Crippen molar-refractivity contribution in [1.29, 1.82) is 0 Å². The normalized spacial score (nSPS) is 13.8. The van der Waals surface area contributed by atoms with Crippen molar-refractivity contribution in [2.75, 3.05) is 18.2 Å². The fraction of sp³-hybridized carbons (Fsp3) is 1.00. The zero-order valence-corrected chi connectivity index (χ0v) is 12.8. The number of halogens is 4. The molecule has 0 saturated carbocycles. The van der Waals surface area contributed by atoms with Gasteiger partial charge in [-0.05, 0) is 24.7 Å². The summed E-state index contributed by atoms with van der Waals surface area (Å²) in [6, 6.07) is 0. The van der Waals surface area contributed by atoms with Gasteiger partial charge in [-0.2, -0.15) is 13.2 Å². The lowest BCUT2D eigenvalue weighted by molar-refractivity contribution is -0.134. The summed E-state index contributed by atoms with van der Waals surface area (Å²) in [5, 5.41) is 0. The van der Waals surface area contributed by atoms with Crippen LogP contribution in [0.5, 0.6) is 0 Å². The molecule has 0 aromatic rings. The van der Waals surface area contributed by atoms with Crippen molar-refractivity contribution in [3.63, 3.8) is 0 Å². The highest BCUT2D eigenvalue weighted by atomic mass is 35.5. The summed E-state index contributed by atoms with van der Waals surface area (Å²) < 4.78 is 61.2. The molecule has 0 radical (unpaired) electrons. The van der Waals surface area contributed by atoms with Crippen LogP contribution in [0.3, 0.4) is 0 Å². The Morgan fingerprint density at radius 1 is 1.11 bits per heavy atom. The van der Waals surface area contributed by atoms with E-state index in [2.05, 4.69) is 4.72 Å². The molecule has 0 heterocycles. The predicted octanol–water partition coefficient (Wildman–Crippen LogP) is 3.29. The molecule has 116 valence electrons. The third-order valence-corrected chi connectivity index (χ3v) is 4.31. The first-order valence-electron chi connectivity index (χ1n) is 6.07. The first kappa shape index (κ1) is 19.0. The monoisotopic (exact) mass is 323 g/mol. The largest absolute Gasteiger partial charge is 0.389 e. The Morgan fingerprint density at radius 2 is 1.68 bits per heavy atom. The molecule has 0 aliphatic rings. The number of nitrogens with one attached hydrogen (secondary N) is 1. The SMILES string of the molecule is CC(C)(CCCCl)CNS(=O)(=O)CCCC(F)(F)F. The lowest BCUT2D eigenvalue weighted by Crippen LogP contribution is -2.35. The van der Waals surface area contributed by atoms with Crippen molar-refractivity contribution >= 4 is 21.6 Å². The molecular formula is C11H21ClF3NO2S. The van der Waals surface area contributed by atoms with E-state index in [1.807, 2.05) is 13.8 Å². The maximum atomic E-state index is 11.9. The highest BCUT2D eigenvalue weighted by Crippen LogP contribution is 2.23. The lowest BCUT2D eigenvalue weighted by atomic mass is 9.88. The van der Waals surface area contributed by atoms with Gasteiger partial charge in [0.25, 0.3) is 0 Å². The molecule has 0 aromatic carbocycles. The van der Waals surface area contributed by atoms with Crippen molar-refractivity contribution in [1.82, 2.24) is 4.72 Å². The predicted molar refractivity (Wildman–Crippen MR) is 70.8 cm³/mol. The van der Waals surface area contributed by atoms with E-state index in [-0.39, 0.29) is 12.0 Å². The molecule has 19 heavy (non-hydrogen) atoms. The smallest absolute Gasteiger partial charge is 0.215 e.